The number of sulfonamides is 1. The minimum absolute atomic E-state index is 0.128. The molecule has 0 spiro atoms. The van der Waals surface area contributed by atoms with Gasteiger partial charge >= 0.3 is 5.97 Å². The molecular weight excluding hydrogens is 323 g/mol. The summed E-state index contributed by atoms with van der Waals surface area (Å²) in [6.45, 7) is 1.50. The Kier molecular flexibility index (Phi) is 4.33. The standard InChI is InChI=1S/C15H11FN2O4S/c1-9-6-10(8-17)2-5-14(9)23(21,22)18-13-7-11(15(19)20)3-4-12(13)16/h2-7,18H,1H3,(H,19,20). The molecule has 0 bridgehead atoms. The topological polar surface area (TPSA) is 107 Å². The highest BCUT2D eigenvalue weighted by molar-refractivity contribution is 7.92. The van der Waals surface area contributed by atoms with Crippen LogP contribution in [0.3, 0.4) is 0 Å². The molecule has 0 aliphatic rings. The van der Waals surface area contributed by atoms with Crippen LogP contribution in [0.2, 0.25) is 0 Å². The maximum atomic E-state index is 13.7. The van der Waals surface area contributed by atoms with Gasteiger partial charge < -0.3 is 5.11 Å². The number of nitriles is 1. The van der Waals surface area contributed by atoms with Gasteiger partial charge in [0.15, 0.2) is 0 Å². The molecule has 6 nitrogen and oxygen atoms in total. The van der Waals surface area contributed by atoms with E-state index in [-0.39, 0.29) is 10.5 Å². The summed E-state index contributed by atoms with van der Waals surface area (Å²) in [5, 5.41) is 17.7. The van der Waals surface area contributed by atoms with Crippen molar-refractivity contribution in [2.75, 3.05) is 4.72 Å². The molecule has 2 N–H and O–H groups in total. The van der Waals surface area contributed by atoms with Crippen molar-refractivity contribution in [3.63, 3.8) is 0 Å². The number of carboxylic acids is 1. The Morgan fingerprint density at radius 3 is 2.52 bits per heavy atom. The van der Waals surface area contributed by atoms with Gasteiger partial charge in [-0.1, -0.05) is 0 Å². The second kappa shape index (κ2) is 6.06. The van der Waals surface area contributed by atoms with Gasteiger partial charge in [0.2, 0.25) is 0 Å². The number of nitrogens with one attached hydrogen (secondary N) is 1. The summed E-state index contributed by atoms with van der Waals surface area (Å²) in [5.41, 5.74) is -0.110. The van der Waals surface area contributed by atoms with Crippen LogP contribution in [0.1, 0.15) is 21.5 Å². The summed E-state index contributed by atoms with van der Waals surface area (Å²) in [4.78, 5) is 10.8. The van der Waals surface area contributed by atoms with E-state index >= 15 is 0 Å². The number of hydrogen-bond donors (Lipinski definition) is 2. The van der Waals surface area contributed by atoms with E-state index in [4.69, 9.17) is 10.4 Å². The number of carboxylic acid groups (broad SMARTS) is 1. The molecular formula is C15H11FN2O4S. The second-order valence-corrected chi connectivity index (χ2v) is 6.35. The second-order valence-electron chi connectivity index (χ2n) is 4.70. The molecule has 0 saturated carbocycles. The molecule has 2 aromatic rings. The molecule has 0 aliphatic carbocycles. The average Bonchev–Trinajstić information content (AvgIpc) is 2.48. The highest BCUT2D eigenvalue weighted by Crippen LogP contribution is 2.23. The molecule has 0 radical (unpaired) electrons. The summed E-state index contributed by atoms with van der Waals surface area (Å²) in [7, 11) is -4.13. The molecule has 2 rings (SSSR count). The number of hydrogen-bond acceptors (Lipinski definition) is 4. The maximum Gasteiger partial charge on any atom is 0.335 e. The Morgan fingerprint density at radius 2 is 1.96 bits per heavy atom. The monoisotopic (exact) mass is 334 g/mol. The Labute approximate surface area is 131 Å². The number of halogens is 1. The van der Waals surface area contributed by atoms with Crippen LogP contribution in [0, 0.1) is 24.1 Å². The number of aromatic carboxylic acids is 1. The highest BCUT2D eigenvalue weighted by Gasteiger charge is 2.20. The number of carbonyl (C=O) groups is 1. The van der Waals surface area contributed by atoms with Crippen molar-refractivity contribution in [2.24, 2.45) is 0 Å². The fourth-order valence-corrected chi connectivity index (χ4v) is 3.24. The Bertz CT molecular complexity index is 933. The Balaban J connectivity index is 2.45. The van der Waals surface area contributed by atoms with E-state index in [0.29, 0.717) is 11.1 Å². The molecule has 0 heterocycles. The van der Waals surface area contributed by atoms with E-state index < -0.39 is 27.5 Å². The third-order valence-corrected chi connectivity index (χ3v) is 4.58. The lowest BCUT2D eigenvalue weighted by molar-refractivity contribution is 0.0697. The normalized spacial score (nSPS) is 10.8. The lowest BCUT2D eigenvalue weighted by Gasteiger charge is -2.11. The van der Waals surface area contributed by atoms with Crippen molar-refractivity contribution >= 4 is 21.7 Å². The molecule has 0 amide bonds. The van der Waals surface area contributed by atoms with Gasteiger partial charge in [-0.15, -0.1) is 0 Å². The summed E-state index contributed by atoms with van der Waals surface area (Å²) >= 11 is 0. The van der Waals surface area contributed by atoms with E-state index in [2.05, 4.69) is 0 Å². The van der Waals surface area contributed by atoms with E-state index in [1.54, 1.807) is 0 Å². The maximum absolute atomic E-state index is 13.7. The first-order valence-corrected chi connectivity index (χ1v) is 7.79. The third kappa shape index (κ3) is 3.46. The molecule has 0 saturated heterocycles. The van der Waals surface area contributed by atoms with Gasteiger partial charge in [0, 0.05) is 0 Å². The first-order valence-electron chi connectivity index (χ1n) is 6.31. The van der Waals surface area contributed by atoms with Crippen LogP contribution in [-0.2, 0) is 10.0 Å². The van der Waals surface area contributed by atoms with Crippen LogP contribution >= 0.6 is 0 Å². The van der Waals surface area contributed by atoms with Crippen LogP contribution < -0.4 is 4.72 Å². The number of aryl methyl sites for hydroxylation is 1. The zero-order valence-electron chi connectivity index (χ0n) is 11.9. The Hall–Kier alpha value is -2.92. The molecule has 2 aromatic carbocycles. The summed E-state index contributed by atoms with van der Waals surface area (Å²) in [5.74, 6) is -2.20. The molecule has 23 heavy (non-hydrogen) atoms. The van der Waals surface area contributed by atoms with Crippen molar-refractivity contribution in [2.45, 2.75) is 11.8 Å². The van der Waals surface area contributed by atoms with Gasteiger partial charge in [0.05, 0.1) is 27.8 Å². The first kappa shape index (κ1) is 16.5. The largest absolute Gasteiger partial charge is 0.478 e. The quantitative estimate of drug-likeness (QED) is 0.893. The van der Waals surface area contributed by atoms with Crippen LogP contribution in [0.25, 0.3) is 0 Å². The lowest BCUT2D eigenvalue weighted by Crippen LogP contribution is -2.16. The fourth-order valence-electron chi connectivity index (χ4n) is 1.96. The minimum atomic E-state index is -4.13. The van der Waals surface area contributed by atoms with E-state index in [0.717, 1.165) is 18.2 Å². The van der Waals surface area contributed by atoms with Gasteiger partial charge in [-0.25, -0.2) is 17.6 Å². The summed E-state index contributed by atoms with van der Waals surface area (Å²) in [6, 6.07) is 8.62. The van der Waals surface area contributed by atoms with Crippen LogP contribution in [0.4, 0.5) is 10.1 Å². The fraction of sp³-hybridized carbons (Fsp3) is 0.0667. The van der Waals surface area contributed by atoms with Gasteiger partial charge in [-0.3, -0.25) is 4.72 Å². The van der Waals surface area contributed by atoms with E-state index in [1.165, 1.54) is 25.1 Å². The third-order valence-electron chi connectivity index (χ3n) is 3.05. The molecule has 8 heteroatoms. The number of benzene rings is 2. The molecule has 0 aliphatic heterocycles. The minimum Gasteiger partial charge on any atom is -0.478 e. The molecule has 0 unspecified atom stereocenters. The van der Waals surface area contributed by atoms with Crippen LogP contribution in [-0.4, -0.2) is 19.5 Å². The van der Waals surface area contributed by atoms with Gasteiger partial charge in [0.25, 0.3) is 10.0 Å². The van der Waals surface area contributed by atoms with E-state index in [1.807, 2.05) is 10.8 Å². The molecule has 118 valence electrons. The first-order chi connectivity index (χ1) is 10.7. The SMILES string of the molecule is Cc1cc(C#N)ccc1S(=O)(=O)Nc1cc(C(=O)O)ccc1F. The highest BCUT2D eigenvalue weighted by atomic mass is 32.2. The predicted molar refractivity (Wildman–Crippen MR) is 80.1 cm³/mol. The van der Waals surface area contributed by atoms with Crippen molar-refractivity contribution in [1.29, 1.82) is 5.26 Å². The van der Waals surface area contributed by atoms with Gasteiger partial charge in [-0.2, -0.15) is 5.26 Å². The summed E-state index contributed by atoms with van der Waals surface area (Å²) < 4.78 is 40.5. The number of nitrogens with zero attached hydrogens (tertiary/aromatic N) is 1. The summed E-state index contributed by atoms with van der Waals surface area (Å²) in [6.07, 6.45) is 0. The smallest absolute Gasteiger partial charge is 0.335 e. The van der Waals surface area contributed by atoms with Crippen molar-refractivity contribution in [3.05, 3.63) is 58.9 Å². The van der Waals surface area contributed by atoms with Crippen LogP contribution in [0.5, 0.6) is 0 Å². The van der Waals surface area contributed by atoms with Crippen molar-refractivity contribution in [3.8, 4) is 6.07 Å². The van der Waals surface area contributed by atoms with Gasteiger partial charge in [0.1, 0.15) is 5.82 Å². The zero-order chi connectivity index (χ0) is 17.2. The average molecular weight is 334 g/mol. The molecule has 0 atom stereocenters. The molecule has 0 aromatic heterocycles. The number of rotatable bonds is 4. The Morgan fingerprint density at radius 1 is 1.26 bits per heavy atom. The van der Waals surface area contributed by atoms with E-state index in [9.17, 15) is 17.6 Å². The predicted octanol–water partition coefficient (Wildman–Crippen LogP) is 2.50. The van der Waals surface area contributed by atoms with Crippen molar-refractivity contribution in [1.82, 2.24) is 0 Å². The molecule has 0 fully saturated rings. The number of anilines is 1. The van der Waals surface area contributed by atoms with Crippen molar-refractivity contribution < 1.29 is 22.7 Å². The van der Waals surface area contributed by atoms with Crippen LogP contribution in [0.15, 0.2) is 41.3 Å². The van der Waals surface area contributed by atoms with Gasteiger partial charge in [-0.05, 0) is 48.9 Å². The lowest BCUT2D eigenvalue weighted by atomic mass is 10.2. The zero-order valence-corrected chi connectivity index (χ0v) is 12.7.